The van der Waals surface area contributed by atoms with Gasteiger partial charge >= 0.3 is 0 Å². The molecule has 0 atom stereocenters. The Bertz CT molecular complexity index is 725. The van der Waals surface area contributed by atoms with Crippen molar-refractivity contribution in [1.29, 1.82) is 0 Å². The zero-order chi connectivity index (χ0) is 19.2. The summed E-state index contributed by atoms with van der Waals surface area (Å²) in [7, 11) is 0. The van der Waals surface area contributed by atoms with Crippen LogP contribution in [0.5, 0.6) is 0 Å². The van der Waals surface area contributed by atoms with Crippen LogP contribution in [0.1, 0.15) is 74.5 Å². The van der Waals surface area contributed by atoms with Crippen LogP contribution in [0.15, 0.2) is 36.4 Å². The molecule has 2 aromatic carbocycles. The first-order valence-corrected chi connectivity index (χ1v) is 10.3. The lowest BCUT2D eigenvalue weighted by molar-refractivity contribution is 0.304. The van der Waals surface area contributed by atoms with Gasteiger partial charge in [-0.15, -0.1) is 0 Å². The summed E-state index contributed by atoms with van der Waals surface area (Å²) in [6, 6.07) is 9.05. The van der Waals surface area contributed by atoms with Gasteiger partial charge in [-0.25, -0.2) is 13.2 Å². The molecule has 3 heteroatoms. The second kappa shape index (κ2) is 9.43. The molecule has 0 amide bonds. The van der Waals surface area contributed by atoms with Crippen LogP contribution in [0.25, 0.3) is 0 Å². The predicted molar refractivity (Wildman–Crippen MR) is 104 cm³/mol. The largest absolute Gasteiger partial charge is 0.207 e. The van der Waals surface area contributed by atoms with Crippen molar-refractivity contribution in [2.24, 2.45) is 5.92 Å². The molecule has 0 radical (unpaired) electrons. The number of hydrogen-bond acceptors (Lipinski definition) is 0. The van der Waals surface area contributed by atoms with Crippen LogP contribution >= 0.6 is 0 Å². The molecule has 0 saturated heterocycles. The van der Waals surface area contributed by atoms with Gasteiger partial charge in [-0.1, -0.05) is 38.3 Å². The molecule has 1 aliphatic carbocycles. The number of halogens is 3. The van der Waals surface area contributed by atoms with Crippen LogP contribution in [0, 0.1) is 23.4 Å². The van der Waals surface area contributed by atoms with E-state index >= 15 is 0 Å². The first-order valence-electron chi connectivity index (χ1n) is 10.3. The molecular weight excluding hydrogens is 345 g/mol. The molecule has 1 fully saturated rings. The van der Waals surface area contributed by atoms with Gasteiger partial charge in [0.2, 0.25) is 0 Å². The minimum atomic E-state index is -0.588. The fraction of sp³-hybridized carbons (Fsp3) is 0.500. The van der Waals surface area contributed by atoms with E-state index in [-0.39, 0.29) is 5.82 Å². The Labute approximate surface area is 160 Å². The van der Waals surface area contributed by atoms with Crippen LogP contribution in [-0.4, -0.2) is 0 Å². The molecule has 0 bridgehead atoms. The van der Waals surface area contributed by atoms with E-state index in [0.717, 1.165) is 30.4 Å². The summed E-state index contributed by atoms with van der Waals surface area (Å²) in [5.74, 6) is -0.0658. The lowest BCUT2D eigenvalue weighted by Crippen LogP contribution is -2.13. The van der Waals surface area contributed by atoms with E-state index in [0.29, 0.717) is 29.9 Å². The smallest absolute Gasteiger partial charge is 0.126 e. The highest BCUT2D eigenvalue weighted by atomic mass is 19.1. The maximum absolute atomic E-state index is 14.6. The molecule has 1 saturated carbocycles. The second-order valence-electron chi connectivity index (χ2n) is 7.99. The van der Waals surface area contributed by atoms with Gasteiger partial charge in [-0.05, 0) is 85.3 Å². The third-order valence-corrected chi connectivity index (χ3v) is 5.97. The van der Waals surface area contributed by atoms with E-state index < -0.39 is 11.6 Å². The Balaban J connectivity index is 1.57. The van der Waals surface area contributed by atoms with Crippen molar-refractivity contribution in [3.63, 3.8) is 0 Å². The Morgan fingerprint density at radius 3 is 2.19 bits per heavy atom. The predicted octanol–water partition coefficient (Wildman–Crippen LogP) is 7.35. The maximum atomic E-state index is 14.6. The van der Waals surface area contributed by atoms with Crippen LogP contribution in [0.2, 0.25) is 0 Å². The number of benzene rings is 2. The average molecular weight is 374 g/mol. The van der Waals surface area contributed by atoms with Crippen LogP contribution in [0.4, 0.5) is 13.2 Å². The van der Waals surface area contributed by atoms with Crippen molar-refractivity contribution in [3.05, 3.63) is 70.5 Å². The highest BCUT2D eigenvalue weighted by Gasteiger charge is 2.22. The Morgan fingerprint density at radius 2 is 1.56 bits per heavy atom. The highest BCUT2D eigenvalue weighted by molar-refractivity contribution is 5.29. The molecule has 0 heterocycles. The minimum Gasteiger partial charge on any atom is -0.207 e. The molecule has 0 unspecified atom stereocenters. The number of aryl methyl sites for hydroxylation is 2. The molecule has 3 rings (SSSR count). The SMILES string of the molecule is CCCCC1CCC(c2ccc(CCc3cc(F)cc(F)c3)c(F)c2)CC1. The molecule has 27 heavy (non-hydrogen) atoms. The Kier molecular flexibility index (Phi) is 6.98. The average Bonchev–Trinajstić information content (AvgIpc) is 2.65. The van der Waals surface area contributed by atoms with Crippen molar-refractivity contribution in [3.8, 4) is 0 Å². The number of unbranched alkanes of at least 4 members (excludes halogenated alkanes) is 1. The van der Waals surface area contributed by atoms with Crippen molar-refractivity contribution >= 4 is 0 Å². The van der Waals surface area contributed by atoms with Gasteiger partial charge in [0.15, 0.2) is 0 Å². The highest BCUT2D eigenvalue weighted by Crippen LogP contribution is 2.38. The molecule has 1 aliphatic rings. The number of rotatable bonds is 7. The molecular formula is C24H29F3. The lowest BCUT2D eigenvalue weighted by Gasteiger charge is -2.29. The van der Waals surface area contributed by atoms with E-state index in [2.05, 4.69) is 6.92 Å². The number of hydrogen-bond donors (Lipinski definition) is 0. The summed E-state index contributed by atoms with van der Waals surface area (Å²) in [5.41, 5.74) is 2.27. The summed E-state index contributed by atoms with van der Waals surface area (Å²) in [4.78, 5) is 0. The van der Waals surface area contributed by atoms with Gasteiger partial charge in [0.05, 0.1) is 0 Å². The second-order valence-corrected chi connectivity index (χ2v) is 7.99. The monoisotopic (exact) mass is 374 g/mol. The van der Waals surface area contributed by atoms with Gasteiger partial charge in [0.25, 0.3) is 0 Å². The van der Waals surface area contributed by atoms with Gasteiger partial charge in [-0.2, -0.15) is 0 Å². The molecule has 0 aliphatic heterocycles. The molecule has 0 N–H and O–H groups in total. The van der Waals surface area contributed by atoms with Crippen molar-refractivity contribution < 1.29 is 13.2 Å². The minimum absolute atomic E-state index is 0.197. The lowest BCUT2D eigenvalue weighted by atomic mass is 9.77. The topological polar surface area (TPSA) is 0 Å². The summed E-state index contributed by atoms with van der Waals surface area (Å²) >= 11 is 0. The van der Waals surface area contributed by atoms with Gasteiger partial charge in [0.1, 0.15) is 17.5 Å². The molecule has 0 nitrogen and oxygen atoms in total. The molecule has 146 valence electrons. The zero-order valence-electron chi connectivity index (χ0n) is 16.1. The summed E-state index contributed by atoms with van der Waals surface area (Å²) < 4.78 is 41.1. The van der Waals surface area contributed by atoms with E-state index in [4.69, 9.17) is 0 Å². The first-order chi connectivity index (χ1) is 13.0. The van der Waals surface area contributed by atoms with Crippen LogP contribution in [-0.2, 0) is 12.8 Å². The first kappa shape index (κ1) is 20.0. The van der Waals surface area contributed by atoms with E-state index in [1.165, 1.54) is 44.2 Å². The van der Waals surface area contributed by atoms with Crippen molar-refractivity contribution in [1.82, 2.24) is 0 Å². The fourth-order valence-electron chi connectivity index (χ4n) is 4.33. The van der Waals surface area contributed by atoms with Crippen molar-refractivity contribution in [2.75, 3.05) is 0 Å². The molecule has 0 aromatic heterocycles. The van der Waals surface area contributed by atoms with Crippen molar-refractivity contribution in [2.45, 2.75) is 70.6 Å². The van der Waals surface area contributed by atoms with Crippen LogP contribution < -0.4 is 0 Å². The quantitative estimate of drug-likeness (QED) is 0.475. The molecule has 0 spiro atoms. The third kappa shape index (κ3) is 5.60. The normalized spacial score (nSPS) is 20.0. The maximum Gasteiger partial charge on any atom is 0.126 e. The standard InChI is InChI=1S/C24H29F3/c1-2-3-4-17-5-8-19(9-6-17)21-12-11-20(24(27)15-21)10-7-18-13-22(25)16-23(26)14-18/h11-17,19H,2-10H2,1H3. The van der Waals surface area contributed by atoms with E-state index in [1.807, 2.05) is 12.1 Å². The summed E-state index contributed by atoms with van der Waals surface area (Å²) in [6.45, 7) is 2.24. The van der Waals surface area contributed by atoms with E-state index in [9.17, 15) is 13.2 Å². The van der Waals surface area contributed by atoms with E-state index in [1.54, 1.807) is 6.07 Å². The Morgan fingerprint density at radius 1 is 0.852 bits per heavy atom. The Hall–Kier alpha value is -1.77. The van der Waals surface area contributed by atoms with Crippen LogP contribution in [0.3, 0.4) is 0 Å². The fourth-order valence-corrected chi connectivity index (χ4v) is 4.33. The zero-order valence-corrected chi connectivity index (χ0v) is 16.1. The summed E-state index contributed by atoms with van der Waals surface area (Å²) in [5, 5.41) is 0. The molecule has 2 aromatic rings. The van der Waals surface area contributed by atoms with Gasteiger partial charge in [-0.3, -0.25) is 0 Å². The van der Waals surface area contributed by atoms with Gasteiger partial charge in [0, 0.05) is 6.07 Å². The third-order valence-electron chi connectivity index (χ3n) is 5.97. The summed E-state index contributed by atoms with van der Waals surface area (Å²) in [6.07, 6.45) is 9.57. The van der Waals surface area contributed by atoms with Gasteiger partial charge < -0.3 is 0 Å².